The molecule has 1 amide bonds. The van der Waals surface area contributed by atoms with Crippen molar-refractivity contribution in [1.82, 2.24) is 10.2 Å². The number of anilines is 2. The summed E-state index contributed by atoms with van der Waals surface area (Å²) in [6.45, 7) is 24.4. The zero-order valence-corrected chi connectivity index (χ0v) is 30.1. The predicted octanol–water partition coefficient (Wildman–Crippen LogP) is 7.08. The Bertz CT molecular complexity index is 1200. The summed E-state index contributed by atoms with van der Waals surface area (Å²) in [4.78, 5) is 32.5. The third-order valence-electron chi connectivity index (χ3n) is 7.10. The van der Waals surface area contributed by atoms with Crippen molar-refractivity contribution in [3.05, 3.63) is 66.0 Å². The Morgan fingerprint density at radius 2 is 1.62 bits per heavy atom. The third kappa shape index (κ3) is 15.5. The molecule has 10 heteroatoms. The van der Waals surface area contributed by atoms with E-state index in [1.165, 1.54) is 4.90 Å². The number of carbonyl (C=O) groups excluding carboxylic acids is 3. The molecule has 2 unspecified atom stereocenters. The Morgan fingerprint density at radius 1 is 1.02 bits per heavy atom. The molecule has 9 nitrogen and oxygen atoms in total. The standard InChI is InChI=1S/C35H55FN4O3.2CH2O/c1-11-12-16-19-39(10)31-22-28(37-24(2)3)21-29(33(31)36)26(6)38-30(20-27-17-14-13-15-18-27)32(41)23-40(25(4)5)34(42)43-35(7,8)9;2*1-2/h13-15,17-18,21-22,24-25,30,32,37-38,41H,6,11-12,16,19-20,23H2,1-5,7-10H3;2*1H2. The van der Waals surface area contributed by atoms with Gasteiger partial charge < -0.3 is 39.9 Å². The quantitative estimate of drug-likeness (QED) is 0.164. The van der Waals surface area contributed by atoms with Crippen molar-refractivity contribution in [1.29, 1.82) is 0 Å². The van der Waals surface area contributed by atoms with Crippen molar-refractivity contribution in [3.8, 4) is 0 Å². The molecule has 0 aliphatic heterocycles. The van der Waals surface area contributed by atoms with Crippen LogP contribution in [0.5, 0.6) is 0 Å². The molecular formula is C37H59FN4O5. The number of aliphatic hydroxyl groups is 1. The average Bonchev–Trinajstić information content (AvgIpc) is 3.01. The van der Waals surface area contributed by atoms with Gasteiger partial charge in [0, 0.05) is 42.6 Å². The number of hydrogen-bond donors (Lipinski definition) is 3. The van der Waals surface area contributed by atoms with Crippen molar-refractivity contribution in [3.63, 3.8) is 0 Å². The Morgan fingerprint density at radius 3 is 2.13 bits per heavy atom. The molecule has 0 aliphatic rings. The van der Waals surface area contributed by atoms with Gasteiger partial charge in [-0.3, -0.25) is 0 Å². The van der Waals surface area contributed by atoms with E-state index in [0.29, 0.717) is 23.4 Å². The van der Waals surface area contributed by atoms with Gasteiger partial charge in [0.25, 0.3) is 0 Å². The van der Waals surface area contributed by atoms with Gasteiger partial charge in [0.15, 0.2) is 5.82 Å². The SMILES string of the molecule is C=C(NC(Cc1ccccc1)C(O)CN(C(=O)OC(C)(C)C)C(C)C)c1cc(NC(C)C)cc(N(C)CCCCC)c1F.C=O.C=O. The summed E-state index contributed by atoms with van der Waals surface area (Å²) in [5.41, 5.74) is 2.31. The van der Waals surface area contributed by atoms with Gasteiger partial charge in [-0.1, -0.05) is 56.7 Å². The van der Waals surface area contributed by atoms with Crippen molar-refractivity contribution in [2.45, 2.75) is 111 Å². The zero-order chi connectivity index (χ0) is 36.3. The van der Waals surface area contributed by atoms with Crippen molar-refractivity contribution < 1.29 is 28.6 Å². The van der Waals surface area contributed by atoms with E-state index in [1.807, 2.05) is 110 Å². The van der Waals surface area contributed by atoms with Crippen molar-refractivity contribution >= 4 is 36.7 Å². The van der Waals surface area contributed by atoms with Gasteiger partial charge in [0.05, 0.1) is 24.4 Å². The topological polar surface area (TPSA) is 111 Å². The molecule has 0 aromatic heterocycles. The van der Waals surface area contributed by atoms with Gasteiger partial charge in [-0.05, 0) is 79.0 Å². The average molecular weight is 659 g/mol. The van der Waals surface area contributed by atoms with Crippen LogP contribution in [0.3, 0.4) is 0 Å². The maximum absolute atomic E-state index is 16.2. The number of hydrogen-bond acceptors (Lipinski definition) is 8. The highest BCUT2D eigenvalue weighted by molar-refractivity contribution is 5.73. The van der Waals surface area contributed by atoms with E-state index in [9.17, 15) is 9.90 Å². The third-order valence-corrected chi connectivity index (χ3v) is 7.10. The van der Waals surface area contributed by atoms with Crippen molar-refractivity contribution in [2.75, 3.05) is 30.4 Å². The molecule has 0 radical (unpaired) electrons. The summed E-state index contributed by atoms with van der Waals surface area (Å²) in [7, 11) is 1.91. The fourth-order valence-corrected chi connectivity index (χ4v) is 4.84. The number of aliphatic hydroxyl groups excluding tert-OH is 1. The number of ether oxygens (including phenoxy) is 1. The molecule has 264 valence electrons. The minimum absolute atomic E-state index is 0.0349. The largest absolute Gasteiger partial charge is 0.444 e. The van der Waals surface area contributed by atoms with Crippen LogP contribution >= 0.6 is 0 Å². The number of carbonyl (C=O) groups is 3. The molecule has 0 bridgehead atoms. The maximum Gasteiger partial charge on any atom is 0.410 e. The van der Waals surface area contributed by atoms with Gasteiger partial charge in [0.1, 0.15) is 19.2 Å². The number of unbranched alkanes of at least 4 members (excludes halogenated alkanes) is 2. The second kappa shape index (κ2) is 21.8. The lowest BCUT2D eigenvalue weighted by Crippen LogP contribution is -2.51. The fourth-order valence-electron chi connectivity index (χ4n) is 4.84. The Balaban J connectivity index is 0.00000508. The van der Waals surface area contributed by atoms with E-state index < -0.39 is 23.8 Å². The first kappa shape index (κ1) is 43.1. The molecule has 0 spiro atoms. The van der Waals surface area contributed by atoms with Gasteiger partial charge in [-0.15, -0.1) is 0 Å². The summed E-state index contributed by atoms with van der Waals surface area (Å²) in [6, 6.07) is 12.8. The summed E-state index contributed by atoms with van der Waals surface area (Å²) >= 11 is 0. The van der Waals surface area contributed by atoms with Crippen LogP contribution in [0.4, 0.5) is 20.6 Å². The van der Waals surface area contributed by atoms with E-state index in [1.54, 1.807) is 6.07 Å². The van der Waals surface area contributed by atoms with E-state index in [0.717, 1.165) is 37.1 Å². The van der Waals surface area contributed by atoms with Crippen LogP contribution in [-0.2, 0) is 20.7 Å². The fraction of sp³-hybridized carbons (Fsp3) is 0.541. The smallest absolute Gasteiger partial charge is 0.410 e. The molecule has 2 rings (SSSR count). The van der Waals surface area contributed by atoms with Crippen LogP contribution in [0.2, 0.25) is 0 Å². The summed E-state index contributed by atoms with van der Waals surface area (Å²) in [5.74, 6) is -0.365. The molecule has 3 N–H and O–H groups in total. The number of nitrogens with one attached hydrogen (secondary N) is 2. The van der Waals surface area contributed by atoms with Crippen LogP contribution in [0.25, 0.3) is 5.70 Å². The first-order valence-corrected chi connectivity index (χ1v) is 16.2. The molecule has 2 aromatic carbocycles. The molecular weight excluding hydrogens is 599 g/mol. The minimum atomic E-state index is -0.997. The molecule has 0 heterocycles. The van der Waals surface area contributed by atoms with Crippen LogP contribution in [0, 0.1) is 5.82 Å². The highest BCUT2D eigenvalue weighted by atomic mass is 19.1. The molecule has 0 fully saturated rings. The van der Waals surface area contributed by atoms with Crippen LogP contribution in [-0.4, -0.2) is 79.6 Å². The van der Waals surface area contributed by atoms with E-state index >= 15 is 4.39 Å². The van der Waals surface area contributed by atoms with Crippen LogP contribution in [0.1, 0.15) is 85.8 Å². The lowest BCUT2D eigenvalue weighted by atomic mass is 9.99. The second-order valence-corrected chi connectivity index (χ2v) is 13.0. The summed E-state index contributed by atoms with van der Waals surface area (Å²) in [6.07, 6.45) is 2.09. The molecule has 2 atom stereocenters. The number of benzene rings is 2. The first-order chi connectivity index (χ1) is 22.1. The normalized spacial score (nSPS) is 12.1. The van der Waals surface area contributed by atoms with Gasteiger partial charge in [-0.2, -0.15) is 0 Å². The van der Waals surface area contributed by atoms with E-state index in [4.69, 9.17) is 14.3 Å². The molecule has 0 saturated heterocycles. The molecule has 0 aliphatic carbocycles. The van der Waals surface area contributed by atoms with Gasteiger partial charge >= 0.3 is 6.09 Å². The summed E-state index contributed by atoms with van der Waals surface area (Å²) < 4.78 is 21.8. The predicted molar refractivity (Wildman–Crippen MR) is 192 cm³/mol. The summed E-state index contributed by atoms with van der Waals surface area (Å²) in [5, 5.41) is 18.3. The number of amides is 1. The Hall–Kier alpha value is -3.92. The molecule has 0 saturated carbocycles. The van der Waals surface area contributed by atoms with Crippen LogP contribution in [0.15, 0.2) is 49.0 Å². The van der Waals surface area contributed by atoms with Crippen molar-refractivity contribution in [2.24, 2.45) is 0 Å². The van der Waals surface area contributed by atoms with Crippen LogP contribution < -0.4 is 15.5 Å². The van der Waals surface area contributed by atoms with E-state index in [2.05, 4.69) is 24.1 Å². The maximum atomic E-state index is 16.2. The monoisotopic (exact) mass is 658 g/mol. The van der Waals surface area contributed by atoms with E-state index in [-0.39, 0.29) is 24.4 Å². The minimum Gasteiger partial charge on any atom is -0.444 e. The first-order valence-electron chi connectivity index (χ1n) is 16.2. The highest BCUT2D eigenvalue weighted by Gasteiger charge is 2.30. The molecule has 47 heavy (non-hydrogen) atoms. The van der Waals surface area contributed by atoms with Gasteiger partial charge in [-0.25, -0.2) is 9.18 Å². The number of nitrogens with zero attached hydrogens (tertiary/aromatic N) is 2. The number of halogens is 1. The lowest BCUT2D eigenvalue weighted by molar-refractivity contribution is -0.0987. The Labute approximate surface area is 282 Å². The lowest BCUT2D eigenvalue weighted by Gasteiger charge is -2.34. The van der Waals surface area contributed by atoms with Gasteiger partial charge in [0.2, 0.25) is 0 Å². The number of rotatable bonds is 16. The Kier molecular flexibility index (Phi) is 20.0. The second-order valence-electron chi connectivity index (χ2n) is 13.0. The zero-order valence-electron chi connectivity index (χ0n) is 30.1. The highest BCUT2D eigenvalue weighted by Crippen LogP contribution is 2.31. The molecule has 2 aromatic rings.